The molecule has 0 spiro atoms. The Morgan fingerprint density at radius 1 is 1.38 bits per heavy atom. The second-order valence-electron chi connectivity index (χ2n) is 5.90. The van der Waals surface area contributed by atoms with Gasteiger partial charge in [0.2, 0.25) is 0 Å². The SMILES string of the molecule is CCOC(=O)[C@H](C)NC(=O)N1CCCC1C(=O)NNc1cccc(Cl)c1. The molecule has 26 heavy (non-hydrogen) atoms. The van der Waals surface area contributed by atoms with Crippen molar-refractivity contribution in [3.05, 3.63) is 29.3 Å². The van der Waals surface area contributed by atoms with Gasteiger partial charge in [0.15, 0.2) is 0 Å². The Labute approximate surface area is 157 Å². The number of nitrogens with one attached hydrogen (secondary N) is 3. The molecule has 8 nitrogen and oxygen atoms in total. The Hall–Kier alpha value is -2.48. The Kier molecular flexibility index (Phi) is 7.08. The first kappa shape index (κ1) is 19.8. The highest BCUT2D eigenvalue weighted by Crippen LogP contribution is 2.18. The third kappa shape index (κ3) is 5.26. The van der Waals surface area contributed by atoms with Crippen LogP contribution in [-0.2, 0) is 14.3 Å². The predicted molar refractivity (Wildman–Crippen MR) is 97.6 cm³/mol. The summed E-state index contributed by atoms with van der Waals surface area (Å²) in [6, 6.07) is 5.04. The lowest BCUT2D eigenvalue weighted by Crippen LogP contribution is -2.53. The molecule has 1 unspecified atom stereocenters. The number of hydrogen-bond donors (Lipinski definition) is 3. The molecule has 2 atom stereocenters. The minimum atomic E-state index is -0.781. The predicted octanol–water partition coefficient (Wildman–Crippen LogP) is 1.91. The molecule has 0 radical (unpaired) electrons. The van der Waals surface area contributed by atoms with Crippen LogP contribution in [0.5, 0.6) is 0 Å². The van der Waals surface area contributed by atoms with Crippen LogP contribution in [0, 0.1) is 0 Å². The number of esters is 1. The van der Waals surface area contributed by atoms with E-state index in [1.54, 1.807) is 38.1 Å². The Morgan fingerprint density at radius 3 is 2.85 bits per heavy atom. The number of rotatable bonds is 6. The lowest BCUT2D eigenvalue weighted by Gasteiger charge is -2.25. The van der Waals surface area contributed by atoms with Crippen LogP contribution in [0.25, 0.3) is 0 Å². The number of carbonyl (C=O) groups is 3. The standard InChI is InChI=1S/C17H23ClN4O4/c1-3-26-16(24)11(2)19-17(25)22-9-5-8-14(22)15(23)21-20-13-7-4-6-12(18)10-13/h4,6-7,10-11,14,20H,3,5,8-9H2,1-2H3,(H,19,25)(H,21,23)/t11-,14?/m0/s1. The first-order chi connectivity index (χ1) is 12.4. The zero-order valence-electron chi connectivity index (χ0n) is 14.8. The van der Waals surface area contributed by atoms with Crippen LogP contribution in [0.2, 0.25) is 5.02 Å². The number of likely N-dealkylation sites (tertiary alicyclic amines) is 1. The molecule has 1 aromatic rings. The molecule has 1 aliphatic heterocycles. The van der Waals surface area contributed by atoms with Gasteiger partial charge in [-0.1, -0.05) is 17.7 Å². The average Bonchev–Trinajstić information content (AvgIpc) is 3.10. The van der Waals surface area contributed by atoms with E-state index in [1.807, 2.05) is 0 Å². The molecule has 1 aliphatic rings. The van der Waals surface area contributed by atoms with Gasteiger partial charge < -0.3 is 15.0 Å². The van der Waals surface area contributed by atoms with Gasteiger partial charge in [0, 0.05) is 11.6 Å². The highest BCUT2D eigenvalue weighted by molar-refractivity contribution is 6.30. The van der Waals surface area contributed by atoms with Crippen LogP contribution < -0.4 is 16.2 Å². The summed E-state index contributed by atoms with van der Waals surface area (Å²) in [6.45, 7) is 3.92. The van der Waals surface area contributed by atoms with E-state index in [4.69, 9.17) is 16.3 Å². The molecule has 3 amide bonds. The van der Waals surface area contributed by atoms with Gasteiger partial charge in [-0.3, -0.25) is 15.6 Å². The van der Waals surface area contributed by atoms with Crippen molar-refractivity contribution in [2.75, 3.05) is 18.6 Å². The smallest absolute Gasteiger partial charge is 0.328 e. The van der Waals surface area contributed by atoms with Crippen molar-refractivity contribution in [2.24, 2.45) is 0 Å². The number of halogens is 1. The number of carbonyl (C=O) groups excluding carboxylic acids is 3. The average molecular weight is 383 g/mol. The van der Waals surface area contributed by atoms with Crippen molar-refractivity contribution in [3.63, 3.8) is 0 Å². The van der Waals surface area contributed by atoms with Gasteiger partial charge in [-0.05, 0) is 44.9 Å². The fourth-order valence-corrected chi connectivity index (χ4v) is 2.85. The quantitative estimate of drug-likeness (QED) is 0.515. The van der Waals surface area contributed by atoms with E-state index in [0.29, 0.717) is 30.1 Å². The van der Waals surface area contributed by atoms with E-state index in [1.165, 1.54) is 4.90 Å². The fourth-order valence-electron chi connectivity index (χ4n) is 2.66. The third-order valence-electron chi connectivity index (χ3n) is 3.95. The lowest BCUT2D eigenvalue weighted by molar-refractivity contribution is -0.144. The van der Waals surface area contributed by atoms with Crippen LogP contribution in [0.1, 0.15) is 26.7 Å². The number of benzene rings is 1. The topological polar surface area (TPSA) is 99.8 Å². The maximum absolute atomic E-state index is 12.4. The van der Waals surface area contributed by atoms with E-state index in [-0.39, 0.29) is 12.5 Å². The number of nitrogens with zero attached hydrogens (tertiary/aromatic N) is 1. The Morgan fingerprint density at radius 2 is 2.15 bits per heavy atom. The molecule has 1 heterocycles. The van der Waals surface area contributed by atoms with Gasteiger partial charge in [0.25, 0.3) is 5.91 Å². The van der Waals surface area contributed by atoms with E-state index < -0.39 is 24.1 Å². The Bertz CT molecular complexity index is 670. The van der Waals surface area contributed by atoms with E-state index in [0.717, 1.165) is 0 Å². The van der Waals surface area contributed by atoms with Crippen molar-refractivity contribution in [1.29, 1.82) is 0 Å². The van der Waals surface area contributed by atoms with Gasteiger partial charge >= 0.3 is 12.0 Å². The maximum atomic E-state index is 12.4. The zero-order valence-corrected chi connectivity index (χ0v) is 15.5. The number of anilines is 1. The van der Waals surface area contributed by atoms with Gasteiger partial charge in [-0.2, -0.15) is 0 Å². The third-order valence-corrected chi connectivity index (χ3v) is 4.19. The zero-order chi connectivity index (χ0) is 19.1. The second kappa shape index (κ2) is 9.28. The molecule has 0 saturated carbocycles. The summed E-state index contributed by atoms with van der Waals surface area (Å²) in [5, 5.41) is 3.11. The summed E-state index contributed by atoms with van der Waals surface area (Å²) >= 11 is 5.90. The van der Waals surface area contributed by atoms with Crippen molar-refractivity contribution >= 4 is 35.2 Å². The molecule has 1 saturated heterocycles. The van der Waals surface area contributed by atoms with E-state index >= 15 is 0 Å². The Balaban J connectivity index is 1.90. The normalized spacial score (nSPS) is 17.3. The van der Waals surface area contributed by atoms with Gasteiger partial charge in [-0.15, -0.1) is 0 Å². The molecule has 0 aromatic heterocycles. The highest BCUT2D eigenvalue weighted by atomic mass is 35.5. The number of urea groups is 1. The molecule has 0 bridgehead atoms. The minimum Gasteiger partial charge on any atom is -0.464 e. The van der Waals surface area contributed by atoms with Gasteiger partial charge in [0.1, 0.15) is 12.1 Å². The monoisotopic (exact) mass is 382 g/mol. The molecule has 2 rings (SSSR count). The molecule has 1 fully saturated rings. The summed E-state index contributed by atoms with van der Waals surface area (Å²) < 4.78 is 4.87. The van der Waals surface area contributed by atoms with Crippen LogP contribution in [-0.4, -0.2) is 48.0 Å². The number of hydrazine groups is 1. The molecule has 1 aromatic carbocycles. The molecular formula is C17H23ClN4O4. The van der Waals surface area contributed by atoms with Crippen molar-refractivity contribution < 1.29 is 19.1 Å². The summed E-state index contributed by atoms with van der Waals surface area (Å²) in [5.41, 5.74) is 6.00. The van der Waals surface area contributed by atoms with Crippen LogP contribution in [0.15, 0.2) is 24.3 Å². The van der Waals surface area contributed by atoms with Gasteiger partial charge in [-0.25, -0.2) is 9.59 Å². The summed E-state index contributed by atoms with van der Waals surface area (Å²) in [5.74, 6) is -0.843. The summed E-state index contributed by atoms with van der Waals surface area (Å²) in [6.07, 6.45) is 1.25. The van der Waals surface area contributed by atoms with Crippen molar-refractivity contribution in [2.45, 2.75) is 38.8 Å². The minimum absolute atomic E-state index is 0.239. The molecule has 142 valence electrons. The first-order valence-corrected chi connectivity index (χ1v) is 8.85. The van der Waals surface area contributed by atoms with Crippen LogP contribution >= 0.6 is 11.6 Å². The molecular weight excluding hydrogens is 360 g/mol. The van der Waals surface area contributed by atoms with Crippen molar-refractivity contribution in [1.82, 2.24) is 15.6 Å². The van der Waals surface area contributed by atoms with E-state index in [9.17, 15) is 14.4 Å². The van der Waals surface area contributed by atoms with E-state index in [2.05, 4.69) is 16.2 Å². The molecule has 3 N–H and O–H groups in total. The first-order valence-electron chi connectivity index (χ1n) is 8.47. The summed E-state index contributed by atoms with van der Waals surface area (Å²) in [4.78, 5) is 37.9. The number of hydrogen-bond acceptors (Lipinski definition) is 5. The largest absolute Gasteiger partial charge is 0.464 e. The number of amides is 3. The van der Waals surface area contributed by atoms with Crippen LogP contribution in [0.3, 0.4) is 0 Å². The number of ether oxygens (including phenoxy) is 1. The second-order valence-corrected chi connectivity index (χ2v) is 6.34. The van der Waals surface area contributed by atoms with Crippen molar-refractivity contribution in [3.8, 4) is 0 Å². The van der Waals surface area contributed by atoms with Crippen LogP contribution in [0.4, 0.5) is 10.5 Å². The van der Waals surface area contributed by atoms with Gasteiger partial charge in [0.05, 0.1) is 12.3 Å². The fraction of sp³-hybridized carbons (Fsp3) is 0.471. The molecule has 9 heteroatoms. The highest BCUT2D eigenvalue weighted by Gasteiger charge is 2.35. The maximum Gasteiger partial charge on any atom is 0.328 e. The molecule has 0 aliphatic carbocycles. The summed E-state index contributed by atoms with van der Waals surface area (Å²) in [7, 11) is 0. The lowest BCUT2D eigenvalue weighted by atomic mass is 10.2.